The Balaban J connectivity index is 1.63. The molecule has 28 heavy (non-hydrogen) atoms. The number of hydrazone groups is 1. The summed E-state index contributed by atoms with van der Waals surface area (Å²) in [6.45, 7) is 4.93. The lowest BCUT2D eigenvalue weighted by Gasteiger charge is -2.10. The van der Waals surface area contributed by atoms with E-state index >= 15 is 0 Å². The summed E-state index contributed by atoms with van der Waals surface area (Å²) in [6.07, 6.45) is 1.78. The molecule has 0 fully saturated rings. The molecular weight excluding hydrogens is 376 g/mol. The van der Waals surface area contributed by atoms with Gasteiger partial charge in [-0.05, 0) is 43.7 Å². The summed E-state index contributed by atoms with van der Waals surface area (Å²) in [5.41, 5.74) is 10.7. The normalized spacial score (nSPS) is 11.1. The highest BCUT2D eigenvalue weighted by Crippen LogP contribution is 2.25. The molecule has 0 saturated carbocycles. The molecule has 0 saturated heterocycles. The first-order valence-electron chi connectivity index (χ1n) is 8.95. The Bertz CT molecular complexity index is 1000. The Morgan fingerprint density at radius 1 is 1.21 bits per heavy atom. The molecule has 3 N–H and O–H groups in total. The number of nitrogens with one attached hydrogen (secondary N) is 1. The number of nitrogens with zero attached hydrogens (tertiary/aromatic N) is 2. The van der Waals surface area contributed by atoms with E-state index in [-0.39, 0.29) is 12.3 Å². The largest absolute Gasteiger partial charge is 0.494 e. The maximum atomic E-state index is 12.2. The molecule has 0 aliphatic carbocycles. The second-order valence-corrected chi connectivity index (χ2v) is 6.95. The number of ether oxygens (including phenoxy) is 2. The molecule has 7 nitrogen and oxygen atoms in total. The number of carbonyl (C=O) groups is 1. The van der Waals surface area contributed by atoms with Crippen LogP contribution in [0.4, 0.5) is 5.13 Å². The van der Waals surface area contributed by atoms with Crippen molar-refractivity contribution in [2.24, 2.45) is 5.10 Å². The fourth-order valence-electron chi connectivity index (χ4n) is 2.65. The van der Waals surface area contributed by atoms with Gasteiger partial charge >= 0.3 is 0 Å². The molecule has 0 unspecified atom stereocenters. The van der Waals surface area contributed by atoms with Crippen LogP contribution in [-0.4, -0.2) is 30.3 Å². The second kappa shape index (κ2) is 9.18. The number of thiazole rings is 1. The quantitative estimate of drug-likeness (QED) is 0.448. The zero-order valence-corrected chi connectivity index (χ0v) is 16.6. The van der Waals surface area contributed by atoms with Crippen molar-refractivity contribution in [1.29, 1.82) is 0 Å². The Kier molecular flexibility index (Phi) is 6.44. The number of hydrogen-bond donors (Lipinski definition) is 2. The highest BCUT2D eigenvalue weighted by atomic mass is 32.1. The predicted octanol–water partition coefficient (Wildman–Crippen LogP) is 3.37. The van der Waals surface area contributed by atoms with Crippen molar-refractivity contribution >= 4 is 38.8 Å². The van der Waals surface area contributed by atoms with Crippen molar-refractivity contribution in [2.75, 3.05) is 18.9 Å². The van der Waals surface area contributed by atoms with E-state index in [4.69, 9.17) is 15.2 Å². The van der Waals surface area contributed by atoms with E-state index in [1.165, 1.54) is 11.3 Å². The average molecular weight is 398 g/mol. The Labute approximate surface area is 167 Å². The second-order valence-electron chi connectivity index (χ2n) is 5.89. The van der Waals surface area contributed by atoms with Crippen LogP contribution in [0.15, 0.2) is 41.5 Å². The molecular formula is C20H22N4O3S. The van der Waals surface area contributed by atoms with Crippen LogP contribution in [0.3, 0.4) is 0 Å². The number of nitrogen functional groups attached to an aromatic ring is 1. The van der Waals surface area contributed by atoms with Gasteiger partial charge in [-0.3, -0.25) is 4.79 Å². The number of rotatable bonds is 8. The first-order valence-corrected chi connectivity index (χ1v) is 9.77. The minimum absolute atomic E-state index is 0.211. The van der Waals surface area contributed by atoms with Crippen LogP contribution in [-0.2, 0) is 11.2 Å². The number of anilines is 1. The molecule has 1 amide bonds. The van der Waals surface area contributed by atoms with Gasteiger partial charge < -0.3 is 15.2 Å². The van der Waals surface area contributed by atoms with Gasteiger partial charge in [-0.15, -0.1) is 0 Å². The lowest BCUT2D eigenvalue weighted by atomic mass is 10.1. The summed E-state index contributed by atoms with van der Waals surface area (Å²) in [4.78, 5) is 16.4. The van der Waals surface area contributed by atoms with Crippen LogP contribution in [0.5, 0.6) is 11.5 Å². The van der Waals surface area contributed by atoms with Crippen molar-refractivity contribution < 1.29 is 14.3 Å². The summed E-state index contributed by atoms with van der Waals surface area (Å²) >= 11 is 1.40. The molecule has 0 aliphatic heterocycles. The number of hydrogen-bond acceptors (Lipinski definition) is 7. The first-order chi connectivity index (χ1) is 13.6. The monoisotopic (exact) mass is 398 g/mol. The molecule has 3 aromatic rings. The molecule has 8 heteroatoms. The van der Waals surface area contributed by atoms with E-state index in [0.717, 1.165) is 27.1 Å². The van der Waals surface area contributed by atoms with Gasteiger partial charge in [-0.25, -0.2) is 10.4 Å². The van der Waals surface area contributed by atoms with E-state index in [1.807, 2.05) is 50.2 Å². The molecule has 1 heterocycles. The van der Waals surface area contributed by atoms with Gasteiger partial charge in [0, 0.05) is 11.6 Å². The molecule has 1 aromatic heterocycles. The standard InChI is InChI=1S/C20H22N4O3S/c1-3-26-15-7-6-14(17(11-15)27-4-2)12-22-24-19(25)10-13-5-8-16-18(9-13)28-20(21)23-16/h5-9,11-12H,3-4,10H2,1-2H3,(H2,21,23)(H,24,25)/b22-12-. The van der Waals surface area contributed by atoms with Crippen LogP contribution in [0.25, 0.3) is 10.2 Å². The minimum atomic E-state index is -0.211. The molecule has 0 aliphatic rings. The molecule has 2 aromatic carbocycles. The Hall–Kier alpha value is -3.13. The number of amides is 1. The first kappa shape index (κ1) is 19.6. The summed E-state index contributed by atoms with van der Waals surface area (Å²) in [5.74, 6) is 1.17. The number of carbonyl (C=O) groups excluding carboxylic acids is 1. The number of fused-ring (bicyclic) bond motifs is 1. The third-order valence-electron chi connectivity index (χ3n) is 3.82. The highest BCUT2D eigenvalue weighted by molar-refractivity contribution is 7.22. The van der Waals surface area contributed by atoms with Crippen molar-refractivity contribution in [3.05, 3.63) is 47.5 Å². The lowest BCUT2D eigenvalue weighted by Crippen LogP contribution is -2.19. The highest BCUT2D eigenvalue weighted by Gasteiger charge is 2.07. The van der Waals surface area contributed by atoms with Gasteiger partial charge in [0.05, 0.1) is 36.1 Å². The lowest BCUT2D eigenvalue weighted by molar-refractivity contribution is -0.120. The van der Waals surface area contributed by atoms with Gasteiger partial charge in [0.1, 0.15) is 11.5 Å². The van der Waals surface area contributed by atoms with E-state index in [2.05, 4.69) is 15.5 Å². The van der Waals surface area contributed by atoms with Gasteiger partial charge in [0.2, 0.25) is 5.91 Å². The fraction of sp³-hybridized carbons (Fsp3) is 0.250. The van der Waals surface area contributed by atoms with E-state index in [1.54, 1.807) is 6.21 Å². The topological polar surface area (TPSA) is 98.8 Å². The zero-order valence-electron chi connectivity index (χ0n) is 15.8. The maximum absolute atomic E-state index is 12.2. The summed E-state index contributed by atoms with van der Waals surface area (Å²) < 4.78 is 12.1. The predicted molar refractivity (Wildman–Crippen MR) is 112 cm³/mol. The van der Waals surface area contributed by atoms with Crippen LogP contribution in [0.1, 0.15) is 25.0 Å². The third-order valence-corrected chi connectivity index (χ3v) is 4.67. The smallest absolute Gasteiger partial charge is 0.244 e. The number of nitrogens with two attached hydrogens (primary N) is 1. The summed E-state index contributed by atoms with van der Waals surface area (Å²) in [5, 5.41) is 4.56. The Morgan fingerprint density at radius 2 is 2.04 bits per heavy atom. The van der Waals surface area contributed by atoms with Gasteiger partial charge in [0.25, 0.3) is 0 Å². The van der Waals surface area contributed by atoms with Crippen molar-refractivity contribution in [1.82, 2.24) is 10.4 Å². The van der Waals surface area contributed by atoms with Gasteiger partial charge in [0.15, 0.2) is 5.13 Å². The third kappa shape index (κ3) is 4.98. The van der Waals surface area contributed by atoms with Crippen LogP contribution >= 0.6 is 11.3 Å². The average Bonchev–Trinajstić information content (AvgIpc) is 3.03. The Morgan fingerprint density at radius 3 is 2.82 bits per heavy atom. The van der Waals surface area contributed by atoms with Crippen LogP contribution in [0.2, 0.25) is 0 Å². The van der Waals surface area contributed by atoms with E-state index in [0.29, 0.717) is 24.1 Å². The number of benzene rings is 2. The summed E-state index contributed by atoms with van der Waals surface area (Å²) in [6, 6.07) is 11.1. The SMILES string of the molecule is CCOc1ccc(/C=N\NC(=O)Cc2ccc3nc(N)sc3c2)c(OCC)c1. The van der Waals surface area contributed by atoms with Gasteiger partial charge in [-0.2, -0.15) is 5.10 Å². The summed E-state index contributed by atoms with van der Waals surface area (Å²) in [7, 11) is 0. The number of aromatic nitrogens is 1. The molecule has 0 bridgehead atoms. The van der Waals surface area contributed by atoms with Crippen LogP contribution in [0, 0.1) is 0 Å². The van der Waals surface area contributed by atoms with E-state index < -0.39 is 0 Å². The minimum Gasteiger partial charge on any atom is -0.494 e. The maximum Gasteiger partial charge on any atom is 0.244 e. The van der Waals surface area contributed by atoms with Gasteiger partial charge in [-0.1, -0.05) is 17.4 Å². The van der Waals surface area contributed by atoms with Crippen molar-refractivity contribution in [3.8, 4) is 11.5 Å². The van der Waals surface area contributed by atoms with Crippen molar-refractivity contribution in [3.63, 3.8) is 0 Å². The molecule has 3 rings (SSSR count). The molecule has 0 spiro atoms. The molecule has 146 valence electrons. The molecule has 0 radical (unpaired) electrons. The van der Waals surface area contributed by atoms with Crippen LogP contribution < -0.4 is 20.6 Å². The fourth-order valence-corrected chi connectivity index (χ4v) is 3.45. The zero-order chi connectivity index (χ0) is 19.9. The van der Waals surface area contributed by atoms with E-state index in [9.17, 15) is 4.79 Å². The van der Waals surface area contributed by atoms with Crippen molar-refractivity contribution in [2.45, 2.75) is 20.3 Å². The molecule has 0 atom stereocenters.